The molecule has 0 radical (unpaired) electrons. The zero-order valence-electron chi connectivity index (χ0n) is 12.6. The molecular formula is C18H18N4O. The minimum Gasteiger partial charge on any atom is -0.340 e. The van der Waals surface area contributed by atoms with E-state index in [1.165, 1.54) is 0 Å². The van der Waals surface area contributed by atoms with Crippen molar-refractivity contribution in [3.63, 3.8) is 0 Å². The Morgan fingerprint density at radius 2 is 1.91 bits per heavy atom. The molecule has 5 nitrogen and oxygen atoms in total. The lowest BCUT2D eigenvalue weighted by molar-refractivity contribution is 0.0998. The number of pyridine rings is 1. The van der Waals surface area contributed by atoms with E-state index in [0.29, 0.717) is 29.3 Å². The van der Waals surface area contributed by atoms with E-state index < -0.39 is 0 Å². The van der Waals surface area contributed by atoms with Crippen LogP contribution in [0.25, 0.3) is 0 Å². The van der Waals surface area contributed by atoms with Crippen molar-refractivity contribution in [3.05, 3.63) is 54.2 Å². The van der Waals surface area contributed by atoms with E-state index >= 15 is 0 Å². The van der Waals surface area contributed by atoms with Gasteiger partial charge in [0.2, 0.25) is 0 Å². The van der Waals surface area contributed by atoms with Gasteiger partial charge in [-0.15, -0.1) is 0 Å². The lowest BCUT2D eigenvalue weighted by Gasteiger charge is -2.05. The third kappa shape index (κ3) is 3.00. The fourth-order valence-corrected chi connectivity index (χ4v) is 3.20. The van der Waals surface area contributed by atoms with Gasteiger partial charge in [-0.05, 0) is 49.2 Å². The largest absolute Gasteiger partial charge is 0.340 e. The van der Waals surface area contributed by atoms with Crippen LogP contribution in [0.1, 0.15) is 10.5 Å². The van der Waals surface area contributed by atoms with Crippen molar-refractivity contribution in [2.75, 3.05) is 18.4 Å². The predicted molar refractivity (Wildman–Crippen MR) is 90.1 cm³/mol. The van der Waals surface area contributed by atoms with Crippen LogP contribution in [0.15, 0.2) is 53.5 Å². The minimum absolute atomic E-state index is 0.278. The van der Waals surface area contributed by atoms with Gasteiger partial charge in [0.25, 0.3) is 5.91 Å². The van der Waals surface area contributed by atoms with Crippen molar-refractivity contribution in [2.45, 2.75) is 0 Å². The molecule has 1 aliphatic heterocycles. The number of nitrogens with one attached hydrogen (secondary N) is 2. The molecule has 1 saturated carbocycles. The fourth-order valence-electron chi connectivity index (χ4n) is 3.20. The quantitative estimate of drug-likeness (QED) is 0.852. The van der Waals surface area contributed by atoms with Gasteiger partial charge in [-0.1, -0.05) is 24.3 Å². The Labute approximate surface area is 134 Å². The number of aromatic nitrogens is 1. The lowest BCUT2D eigenvalue weighted by Crippen LogP contribution is -2.15. The molecule has 0 spiro atoms. The van der Waals surface area contributed by atoms with Gasteiger partial charge >= 0.3 is 0 Å². The Balaban J connectivity index is 1.43. The molecule has 1 amide bonds. The van der Waals surface area contributed by atoms with E-state index in [1.54, 1.807) is 6.07 Å². The molecule has 1 aliphatic carbocycles. The zero-order chi connectivity index (χ0) is 15.6. The van der Waals surface area contributed by atoms with Crippen LogP contribution < -0.4 is 10.6 Å². The number of fused-ring (bicyclic) bond motifs is 1. The average Bonchev–Trinajstić information content (AvgIpc) is 3.01. The monoisotopic (exact) mass is 306 g/mol. The van der Waals surface area contributed by atoms with E-state index in [9.17, 15) is 4.79 Å². The van der Waals surface area contributed by atoms with Crippen molar-refractivity contribution in [2.24, 2.45) is 22.7 Å². The summed E-state index contributed by atoms with van der Waals surface area (Å²) in [5.41, 5.74) is 1.30. The summed E-state index contributed by atoms with van der Waals surface area (Å²) in [6, 6.07) is 15.1. The number of rotatable bonds is 4. The normalized spacial score (nSPS) is 25.3. The summed E-state index contributed by atoms with van der Waals surface area (Å²) in [6.07, 6.45) is 1.82. The van der Waals surface area contributed by atoms with Crippen molar-refractivity contribution in [1.29, 1.82) is 0 Å². The fraction of sp³-hybridized carbons (Fsp3) is 0.278. The van der Waals surface area contributed by atoms with Gasteiger partial charge in [-0.2, -0.15) is 0 Å². The standard InChI is InChI=1S/C18H18N4O/c23-18(20-11-15-13-9-19-10-14(13)15)16-7-4-8-17(22-16)21-12-5-2-1-3-6-12/h1-8,11,13-15,19H,9-10H2,(H,21,22)/t13-,14?,15?/m0/s1. The van der Waals surface area contributed by atoms with Gasteiger partial charge in [0.1, 0.15) is 11.5 Å². The van der Waals surface area contributed by atoms with Crippen molar-refractivity contribution in [1.82, 2.24) is 10.3 Å². The molecule has 2 aliphatic rings. The second kappa shape index (κ2) is 5.93. The Hall–Kier alpha value is -2.53. The van der Waals surface area contributed by atoms with Crippen molar-refractivity contribution in [3.8, 4) is 0 Å². The molecule has 116 valence electrons. The zero-order valence-corrected chi connectivity index (χ0v) is 12.6. The highest BCUT2D eigenvalue weighted by molar-refractivity contribution is 5.98. The van der Waals surface area contributed by atoms with E-state index in [4.69, 9.17) is 0 Å². The van der Waals surface area contributed by atoms with Gasteiger partial charge in [0.15, 0.2) is 0 Å². The number of para-hydroxylation sites is 1. The summed E-state index contributed by atoms with van der Waals surface area (Å²) >= 11 is 0. The van der Waals surface area contributed by atoms with Crippen LogP contribution in [-0.4, -0.2) is 30.2 Å². The second-order valence-corrected chi connectivity index (χ2v) is 6.05. The first kappa shape index (κ1) is 14.1. The maximum atomic E-state index is 12.2. The number of anilines is 2. The van der Waals surface area contributed by atoms with Gasteiger partial charge < -0.3 is 10.6 Å². The Kier molecular flexibility index (Phi) is 3.63. The molecule has 2 heterocycles. The van der Waals surface area contributed by atoms with E-state index in [1.807, 2.05) is 48.7 Å². The third-order valence-electron chi connectivity index (χ3n) is 4.54. The minimum atomic E-state index is -0.278. The number of carbonyl (C=O) groups is 1. The predicted octanol–water partition coefficient (Wildman–Crippen LogP) is 2.50. The van der Waals surface area contributed by atoms with Crippen LogP contribution >= 0.6 is 0 Å². The topological polar surface area (TPSA) is 66.4 Å². The summed E-state index contributed by atoms with van der Waals surface area (Å²) in [5.74, 6) is 2.17. The number of nitrogens with zero attached hydrogens (tertiary/aromatic N) is 2. The summed E-state index contributed by atoms with van der Waals surface area (Å²) in [4.78, 5) is 20.7. The summed E-state index contributed by atoms with van der Waals surface area (Å²) in [5, 5.41) is 6.52. The summed E-state index contributed by atoms with van der Waals surface area (Å²) in [6.45, 7) is 2.09. The van der Waals surface area contributed by atoms with Crippen LogP contribution in [0.2, 0.25) is 0 Å². The SMILES string of the molecule is O=C(N=CC1C2CNC[C@H]12)c1cccc(Nc2ccccc2)n1. The number of aliphatic imine (C=N–C) groups is 1. The van der Waals surface area contributed by atoms with Gasteiger partial charge in [0, 0.05) is 17.8 Å². The first-order valence-corrected chi connectivity index (χ1v) is 7.89. The summed E-state index contributed by atoms with van der Waals surface area (Å²) < 4.78 is 0. The van der Waals surface area contributed by atoms with Crippen LogP contribution in [0.4, 0.5) is 11.5 Å². The molecule has 5 heteroatoms. The Bertz CT molecular complexity index is 734. The van der Waals surface area contributed by atoms with Gasteiger partial charge in [-0.25, -0.2) is 9.98 Å². The molecule has 2 fully saturated rings. The van der Waals surface area contributed by atoms with Crippen LogP contribution in [0, 0.1) is 17.8 Å². The lowest BCUT2D eigenvalue weighted by atomic mass is 10.3. The van der Waals surface area contributed by atoms with E-state index in [-0.39, 0.29) is 5.91 Å². The third-order valence-corrected chi connectivity index (χ3v) is 4.54. The van der Waals surface area contributed by atoms with Crippen LogP contribution in [-0.2, 0) is 0 Å². The molecule has 1 saturated heterocycles. The van der Waals surface area contributed by atoms with Crippen LogP contribution in [0.5, 0.6) is 0 Å². The maximum absolute atomic E-state index is 12.2. The smallest absolute Gasteiger partial charge is 0.295 e. The molecule has 2 aromatic rings. The van der Waals surface area contributed by atoms with E-state index in [2.05, 4.69) is 20.6 Å². The molecule has 2 unspecified atom stereocenters. The van der Waals surface area contributed by atoms with Gasteiger partial charge in [-0.3, -0.25) is 4.79 Å². The number of hydrogen-bond acceptors (Lipinski definition) is 4. The Morgan fingerprint density at radius 3 is 2.70 bits per heavy atom. The first-order chi connectivity index (χ1) is 11.3. The molecule has 23 heavy (non-hydrogen) atoms. The van der Waals surface area contributed by atoms with E-state index in [0.717, 1.165) is 18.8 Å². The highest BCUT2D eigenvalue weighted by Crippen LogP contribution is 2.47. The maximum Gasteiger partial charge on any atom is 0.295 e. The molecule has 3 atom stereocenters. The number of amides is 1. The highest BCUT2D eigenvalue weighted by Gasteiger charge is 2.51. The van der Waals surface area contributed by atoms with Crippen LogP contribution in [0.3, 0.4) is 0 Å². The number of piperidine rings is 1. The average molecular weight is 306 g/mol. The first-order valence-electron chi connectivity index (χ1n) is 7.89. The summed E-state index contributed by atoms with van der Waals surface area (Å²) in [7, 11) is 0. The highest BCUT2D eigenvalue weighted by atomic mass is 16.1. The second-order valence-electron chi connectivity index (χ2n) is 6.05. The molecule has 0 bridgehead atoms. The number of benzene rings is 1. The molecule has 4 rings (SSSR count). The van der Waals surface area contributed by atoms with Gasteiger partial charge in [0.05, 0.1) is 0 Å². The molecule has 1 aromatic heterocycles. The number of hydrogen-bond donors (Lipinski definition) is 2. The molecular weight excluding hydrogens is 288 g/mol. The Morgan fingerprint density at radius 1 is 1.13 bits per heavy atom. The van der Waals surface area contributed by atoms with Crippen molar-refractivity contribution < 1.29 is 4.79 Å². The molecule has 2 N–H and O–H groups in total. The molecule has 1 aromatic carbocycles. The van der Waals surface area contributed by atoms with Crippen molar-refractivity contribution >= 4 is 23.6 Å². The number of carbonyl (C=O) groups excluding carboxylic acids is 1.